The van der Waals surface area contributed by atoms with Crippen molar-refractivity contribution in [2.45, 2.75) is 59.8 Å². The van der Waals surface area contributed by atoms with Crippen molar-refractivity contribution in [3.63, 3.8) is 0 Å². The summed E-state index contributed by atoms with van der Waals surface area (Å²) in [6.07, 6.45) is -12.7. The Morgan fingerprint density at radius 1 is 0.739 bits per heavy atom. The molecule has 0 amide bonds. The normalized spacial score (nSPS) is 51.7. The highest BCUT2D eigenvalue weighted by Crippen LogP contribution is 2.37. The third-order valence-corrected chi connectivity index (χ3v) is 5.50. The number of halogens is 1. The first kappa shape index (κ1) is 19.2. The topological polar surface area (TPSA) is 160 Å². The minimum absolute atomic E-state index is 0.621. The Morgan fingerprint density at radius 3 is 1.91 bits per heavy atom. The molecule has 2 aliphatic rings. The van der Waals surface area contributed by atoms with Gasteiger partial charge in [-0.15, -0.1) is 11.8 Å². The third kappa shape index (κ3) is 3.79. The van der Waals surface area contributed by atoms with Gasteiger partial charge in [0.2, 0.25) is 6.36 Å². The Kier molecular flexibility index (Phi) is 6.58. The van der Waals surface area contributed by atoms with Gasteiger partial charge < -0.3 is 45.2 Å². The molecule has 23 heavy (non-hydrogen) atoms. The average molecular weight is 360 g/mol. The molecule has 0 aliphatic carbocycles. The van der Waals surface area contributed by atoms with E-state index in [-0.39, 0.29) is 0 Å². The summed E-state index contributed by atoms with van der Waals surface area (Å²) in [6, 6.07) is 0. The zero-order valence-electron chi connectivity index (χ0n) is 11.9. The summed E-state index contributed by atoms with van der Waals surface area (Å²) in [6.45, 7) is -1.27. The van der Waals surface area contributed by atoms with Gasteiger partial charge in [-0.05, 0) is 0 Å². The minimum Gasteiger partial charge on any atom is -0.394 e. The maximum atomic E-state index is 13.4. The fraction of sp³-hybridized carbons (Fsp3) is 1.00. The molecule has 0 aromatic heterocycles. The molecule has 2 aliphatic heterocycles. The van der Waals surface area contributed by atoms with Crippen molar-refractivity contribution in [2.75, 3.05) is 13.2 Å². The molecule has 0 spiro atoms. The Balaban J connectivity index is 2.11. The van der Waals surface area contributed by atoms with Gasteiger partial charge in [-0.2, -0.15) is 0 Å². The van der Waals surface area contributed by atoms with E-state index < -0.39 is 73.0 Å². The van der Waals surface area contributed by atoms with Gasteiger partial charge in [0.1, 0.15) is 36.0 Å². The zero-order valence-corrected chi connectivity index (χ0v) is 12.7. The van der Waals surface area contributed by atoms with Crippen molar-refractivity contribution in [1.82, 2.24) is 0 Å². The van der Waals surface area contributed by atoms with Gasteiger partial charge >= 0.3 is 0 Å². The van der Waals surface area contributed by atoms with Crippen molar-refractivity contribution in [2.24, 2.45) is 0 Å². The van der Waals surface area contributed by atoms with Crippen LogP contribution in [0.1, 0.15) is 0 Å². The molecule has 0 bridgehead atoms. The lowest BCUT2D eigenvalue weighted by atomic mass is 10.0. The van der Waals surface area contributed by atoms with Crippen molar-refractivity contribution >= 4 is 11.8 Å². The van der Waals surface area contributed by atoms with E-state index in [0.717, 1.165) is 0 Å². The maximum absolute atomic E-state index is 13.4. The first-order valence-electron chi connectivity index (χ1n) is 7.04. The van der Waals surface area contributed by atoms with Crippen LogP contribution in [0.3, 0.4) is 0 Å². The predicted octanol–water partition coefficient (Wildman–Crippen LogP) is -3.70. The maximum Gasteiger partial charge on any atom is 0.228 e. The highest BCUT2D eigenvalue weighted by atomic mass is 32.2. The molecule has 2 rings (SSSR count). The average Bonchev–Trinajstić information content (AvgIpc) is 2.55. The van der Waals surface area contributed by atoms with Crippen molar-refractivity contribution < 1.29 is 49.6 Å². The van der Waals surface area contributed by atoms with Gasteiger partial charge in [0.25, 0.3) is 0 Å². The lowest BCUT2D eigenvalue weighted by Crippen LogP contribution is -2.60. The molecule has 7 N–H and O–H groups in total. The Bertz CT molecular complexity index is 388. The van der Waals surface area contributed by atoms with Crippen molar-refractivity contribution in [3.05, 3.63) is 0 Å². The number of aliphatic hydroxyl groups excluding tert-OH is 7. The van der Waals surface area contributed by atoms with Crippen LogP contribution in [0.5, 0.6) is 0 Å². The first-order valence-corrected chi connectivity index (χ1v) is 7.98. The molecule has 2 heterocycles. The van der Waals surface area contributed by atoms with Gasteiger partial charge in [0.05, 0.1) is 30.7 Å². The SMILES string of the molecule is OCC1O[C@H](S[C@@H]2C(CO)O[C@H](F)C(O)[C@H]2O)C(O)[C@@H](O)[C@@H]1O. The number of ether oxygens (including phenoxy) is 2. The molecule has 10 atom stereocenters. The van der Waals surface area contributed by atoms with E-state index in [0.29, 0.717) is 11.8 Å². The molecular weight excluding hydrogens is 339 g/mol. The first-order chi connectivity index (χ1) is 10.8. The second-order valence-corrected chi connectivity index (χ2v) is 6.77. The van der Waals surface area contributed by atoms with E-state index in [4.69, 9.17) is 14.6 Å². The van der Waals surface area contributed by atoms with E-state index in [9.17, 15) is 35.0 Å². The Hall–Kier alpha value is -0.0800. The van der Waals surface area contributed by atoms with Crippen LogP contribution in [0.25, 0.3) is 0 Å². The van der Waals surface area contributed by atoms with Gasteiger partial charge in [-0.3, -0.25) is 0 Å². The van der Waals surface area contributed by atoms with Crippen LogP contribution in [0.2, 0.25) is 0 Å². The standard InChI is InChI=1S/C12H21FO9S/c13-11-8(19)7(18)10(4(2-15)21-11)23-12-9(20)6(17)5(16)3(1-14)22-12/h3-12,14-20H,1-2H2/t3?,4?,5-,6+,7-,8?,9?,10-,11+,12-/m1/s1. The summed E-state index contributed by atoms with van der Waals surface area (Å²) in [7, 11) is 0. The smallest absolute Gasteiger partial charge is 0.228 e. The molecule has 9 nitrogen and oxygen atoms in total. The molecule has 136 valence electrons. The summed E-state index contributed by atoms with van der Waals surface area (Å²) in [4.78, 5) is 0. The second kappa shape index (κ2) is 7.87. The summed E-state index contributed by atoms with van der Waals surface area (Å²) in [5, 5.41) is 66.2. The molecule has 11 heteroatoms. The molecule has 0 aromatic rings. The van der Waals surface area contributed by atoms with Crippen LogP contribution in [0.4, 0.5) is 4.39 Å². The quantitative estimate of drug-likeness (QED) is 0.266. The van der Waals surface area contributed by atoms with Crippen LogP contribution >= 0.6 is 11.8 Å². The van der Waals surface area contributed by atoms with Gasteiger partial charge in [0.15, 0.2) is 0 Å². The largest absolute Gasteiger partial charge is 0.394 e. The summed E-state index contributed by atoms with van der Waals surface area (Å²) >= 11 is 0.705. The molecule has 2 fully saturated rings. The Morgan fingerprint density at radius 2 is 1.35 bits per heavy atom. The number of thioether (sulfide) groups is 1. The second-order valence-electron chi connectivity index (χ2n) is 5.49. The lowest BCUT2D eigenvalue weighted by Gasteiger charge is -2.44. The van der Waals surface area contributed by atoms with E-state index in [1.54, 1.807) is 0 Å². The number of hydrogen-bond donors (Lipinski definition) is 7. The molecule has 2 saturated heterocycles. The number of rotatable bonds is 4. The van der Waals surface area contributed by atoms with E-state index in [1.807, 2.05) is 0 Å². The minimum atomic E-state index is -2.17. The van der Waals surface area contributed by atoms with Gasteiger partial charge in [0, 0.05) is 0 Å². The fourth-order valence-corrected chi connectivity index (χ4v) is 4.03. The summed E-state index contributed by atoms with van der Waals surface area (Å²) in [5.74, 6) is 0. The Labute approximate surface area is 135 Å². The van der Waals surface area contributed by atoms with Crippen LogP contribution in [0, 0.1) is 0 Å². The fourth-order valence-electron chi connectivity index (χ4n) is 2.54. The van der Waals surface area contributed by atoms with E-state index in [1.165, 1.54) is 0 Å². The van der Waals surface area contributed by atoms with Gasteiger partial charge in [-0.25, -0.2) is 4.39 Å². The zero-order chi connectivity index (χ0) is 17.3. The molecular formula is C12H21FO9S. The van der Waals surface area contributed by atoms with Crippen molar-refractivity contribution in [1.29, 1.82) is 0 Å². The molecule has 0 saturated carbocycles. The van der Waals surface area contributed by atoms with Crippen LogP contribution in [0.15, 0.2) is 0 Å². The molecule has 0 aromatic carbocycles. The number of hydrogen-bond acceptors (Lipinski definition) is 10. The highest BCUT2D eigenvalue weighted by molar-refractivity contribution is 8.00. The van der Waals surface area contributed by atoms with E-state index in [2.05, 4.69) is 0 Å². The summed E-state index contributed by atoms with van der Waals surface area (Å²) in [5.41, 5.74) is -1.20. The molecule has 4 unspecified atom stereocenters. The lowest BCUT2D eigenvalue weighted by molar-refractivity contribution is -0.220. The monoisotopic (exact) mass is 360 g/mol. The summed E-state index contributed by atoms with van der Waals surface area (Å²) < 4.78 is 23.4. The van der Waals surface area contributed by atoms with Crippen molar-refractivity contribution in [3.8, 4) is 0 Å². The predicted molar refractivity (Wildman–Crippen MR) is 74.0 cm³/mol. The van der Waals surface area contributed by atoms with Crippen LogP contribution in [-0.4, -0.2) is 109 Å². The van der Waals surface area contributed by atoms with Crippen LogP contribution < -0.4 is 0 Å². The number of aliphatic hydroxyl groups is 7. The van der Waals surface area contributed by atoms with E-state index >= 15 is 0 Å². The third-order valence-electron chi connectivity index (χ3n) is 3.95. The van der Waals surface area contributed by atoms with Gasteiger partial charge in [-0.1, -0.05) is 0 Å². The highest BCUT2D eigenvalue weighted by Gasteiger charge is 2.50. The molecule has 0 radical (unpaired) electrons. The van der Waals surface area contributed by atoms with Crippen LogP contribution in [-0.2, 0) is 9.47 Å². The number of alkyl halides is 1.